The zero-order chi connectivity index (χ0) is 12.1. The molecule has 0 fully saturated rings. The van der Waals surface area contributed by atoms with Crippen LogP contribution in [0.5, 0.6) is 0 Å². The smallest absolute Gasteiger partial charge is 0.269 e. The van der Waals surface area contributed by atoms with Gasteiger partial charge < -0.3 is 10.5 Å². The predicted molar refractivity (Wildman–Crippen MR) is 65.4 cm³/mol. The van der Waals surface area contributed by atoms with Gasteiger partial charge in [-0.3, -0.25) is 10.1 Å². The van der Waals surface area contributed by atoms with Gasteiger partial charge in [0.05, 0.1) is 11.0 Å². The maximum absolute atomic E-state index is 10.5. The molecule has 0 amide bonds. The first-order chi connectivity index (χ1) is 7.60. The number of nitro groups is 1. The Bertz CT molecular complexity index is 356. The minimum atomic E-state index is -0.429. The van der Waals surface area contributed by atoms with Crippen molar-refractivity contribution in [3.05, 3.63) is 39.9 Å². The highest BCUT2D eigenvalue weighted by Gasteiger charge is 2.18. The zero-order valence-electron chi connectivity index (χ0n) is 9.00. The summed E-state index contributed by atoms with van der Waals surface area (Å²) in [5, 5.41) is 10.5. The summed E-state index contributed by atoms with van der Waals surface area (Å²) in [4.78, 5) is 10.1. The van der Waals surface area contributed by atoms with Gasteiger partial charge in [-0.2, -0.15) is 0 Å². The molecule has 1 aromatic rings. The van der Waals surface area contributed by atoms with Gasteiger partial charge in [0.25, 0.3) is 5.69 Å². The molecular weight excluding hydrogens is 227 g/mol. The van der Waals surface area contributed by atoms with E-state index >= 15 is 0 Å². The van der Waals surface area contributed by atoms with Crippen molar-refractivity contribution in [1.29, 1.82) is 0 Å². The number of hydrogen-bond donors (Lipinski definition) is 1. The van der Waals surface area contributed by atoms with E-state index in [9.17, 15) is 10.1 Å². The van der Waals surface area contributed by atoms with Gasteiger partial charge >= 0.3 is 0 Å². The van der Waals surface area contributed by atoms with Crippen molar-refractivity contribution >= 4 is 14.9 Å². The average molecular weight is 242 g/mol. The molecule has 0 spiro atoms. The van der Waals surface area contributed by atoms with Gasteiger partial charge in [-0.25, -0.2) is 0 Å². The van der Waals surface area contributed by atoms with Crippen LogP contribution < -0.4 is 5.73 Å². The van der Waals surface area contributed by atoms with Gasteiger partial charge in [0.1, 0.15) is 0 Å². The van der Waals surface area contributed by atoms with Crippen LogP contribution >= 0.6 is 9.24 Å². The monoisotopic (exact) mass is 242 g/mol. The Kier molecular flexibility index (Phi) is 4.80. The third-order valence-electron chi connectivity index (χ3n) is 2.35. The van der Waals surface area contributed by atoms with Crippen molar-refractivity contribution in [2.45, 2.75) is 12.1 Å². The number of non-ortho nitro benzene ring substituents is 1. The van der Waals surface area contributed by atoms with Crippen molar-refractivity contribution in [2.24, 2.45) is 5.73 Å². The molecule has 1 aromatic carbocycles. The molecule has 1 rings (SSSR count). The van der Waals surface area contributed by atoms with E-state index in [0.29, 0.717) is 6.16 Å². The van der Waals surface area contributed by atoms with Crippen LogP contribution in [0.2, 0.25) is 0 Å². The summed E-state index contributed by atoms with van der Waals surface area (Å²) >= 11 is 0. The Morgan fingerprint density at radius 1 is 1.50 bits per heavy atom. The van der Waals surface area contributed by atoms with Crippen LogP contribution in [0.15, 0.2) is 24.3 Å². The number of nitrogens with two attached hydrogens (primary N) is 1. The fourth-order valence-electron chi connectivity index (χ4n) is 1.47. The molecule has 5 nitrogen and oxygen atoms in total. The van der Waals surface area contributed by atoms with Crippen LogP contribution in [0, 0.1) is 10.1 Å². The van der Waals surface area contributed by atoms with Crippen LogP contribution in [0.25, 0.3) is 0 Å². The Morgan fingerprint density at radius 2 is 2.06 bits per heavy atom. The summed E-state index contributed by atoms with van der Waals surface area (Å²) < 4.78 is 5.28. The predicted octanol–water partition coefficient (Wildman–Crippen LogP) is 1.48. The Labute approximate surface area is 96.3 Å². The Morgan fingerprint density at radius 3 is 2.44 bits per heavy atom. The molecule has 0 radical (unpaired) electrons. The summed E-state index contributed by atoms with van der Waals surface area (Å²) in [6, 6.07) is 6.11. The summed E-state index contributed by atoms with van der Waals surface area (Å²) in [5.74, 6) is 0. The van der Waals surface area contributed by atoms with E-state index in [-0.39, 0.29) is 17.8 Å². The number of nitrogens with zero attached hydrogens (tertiary/aromatic N) is 1. The van der Waals surface area contributed by atoms with Crippen LogP contribution in [-0.4, -0.2) is 24.2 Å². The molecular formula is C10H15N2O3P. The highest BCUT2D eigenvalue weighted by molar-refractivity contribution is 7.16. The van der Waals surface area contributed by atoms with Gasteiger partial charge in [0, 0.05) is 25.3 Å². The number of rotatable bonds is 5. The quantitative estimate of drug-likeness (QED) is 0.482. The molecule has 6 heteroatoms. The molecule has 3 atom stereocenters. The van der Waals surface area contributed by atoms with E-state index in [1.807, 2.05) is 0 Å². The Balaban J connectivity index is 2.90. The number of methoxy groups -OCH3 is 1. The average Bonchev–Trinajstić information content (AvgIpc) is 2.30. The van der Waals surface area contributed by atoms with Crippen molar-refractivity contribution in [2.75, 3.05) is 13.3 Å². The lowest BCUT2D eigenvalue weighted by atomic mass is 10.0. The SMILES string of the molecule is COC(c1ccc([N+](=O)[O-])cc1)C(N)CP. The topological polar surface area (TPSA) is 78.4 Å². The first kappa shape index (κ1) is 13.0. The second-order valence-corrected chi connectivity index (χ2v) is 3.88. The van der Waals surface area contributed by atoms with Crippen LogP contribution in [0.1, 0.15) is 11.7 Å². The minimum Gasteiger partial charge on any atom is -0.375 e. The minimum absolute atomic E-state index is 0.0676. The first-order valence-electron chi connectivity index (χ1n) is 4.83. The van der Waals surface area contributed by atoms with Crippen molar-refractivity contribution in [3.63, 3.8) is 0 Å². The van der Waals surface area contributed by atoms with Crippen LogP contribution in [0.3, 0.4) is 0 Å². The third kappa shape index (κ3) is 2.98. The highest BCUT2D eigenvalue weighted by atomic mass is 31.0. The molecule has 0 aliphatic carbocycles. The summed E-state index contributed by atoms with van der Waals surface area (Å²) in [5.41, 5.74) is 6.80. The van der Waals surface area contributed by atoms with E-state index in [4.69, 9.17) is 10.5 Å². The van der Waals surface area contributed by atoms with Crippen molar-refractivity contribution in [1.82, 2.24) is 0 Å². The summed E-state index contributed by atoms with van der Waals surface area (Å²) in [6.07, 6.45) is 0.466. The van der Waals surface area contributed by atoms with E-state index in [2.05, 4.69) is 9.24 Å². The number of nitro benzene ring substituents is 1. The molecule has 0 aliphatic rings. The maximum Gasteiger partial charge on any atom is 0.269 e. The molecule has 0 bridgehead atoms. The second kappa shape index (κ2) is 5.89. The van der Waals surface area contributed by atoms with E-state index in [1.54, 1.807) is 19.2 Å². The summed E-state index contributed by atoms with van der Waals surface area (Å²) in [6.45, 7) is 0. The molecule has 88 valence electrons. The van der Waals surface area contributed by atoms with E-state index in [1.165, 1.54) is 12.1 Å². The molecule has 0 aromatic heterocycles. The maximum atomic E-state index is 10.5. The zero-order valence-corrected chi connectivity index (χ0v) is 10.2. The molecule has 0 saturated heterocycles. The molecule has 2 N–H and O–H groups in total. The lowest BCUT2D eigenvalue weighted by Crippen LogP contribution is -2.31. The van der Waals surface area contributed by atoms with Crippen LogP contribution in [0.4, 0.5) is 5.69 Å². The first-order valence-corrected chi connectivity index (χ1v) is 5.64. The summed E-state index contributed by atoms with van der Waals surface area (Å²) in [7, 11) is 4.13. The fraction of sp³-hybridized carbons (Fsp3) is 0.400. The van der Waals surface area contributed by atoms with Gasteiger partial charge in [0.15, 0.2) is 0 Å². The van der Waals surface area contributed by atoms with Crippen molar-refractivity contribution in [3.8, 4) is 0 Å². The Hall–Kier alpha value is -1.03. The lowest BCUT2D eigenvalue weighted by Gasteiger charge is -2.21. The largest absolute Gasteiger partial charge is 0.375 e. The normalized spacial score (nSPS) is 14.4. The van der Waals surface area contributed by atoms with E-state index < -0.39 is 4.92 Å². The van der Waals surface area contributed by atoms with Gasteiger partial charge in [-0.15, -0.1) is 9.24 Å². The lowest BCUT2D eigenvalue weighted by molar-refractivity contribution is -0.384. The number of benzene rings is 1. The number of ether oxygens (including phenoxy) is 1. The molecule has 0 heterocycles. The number of hydrogen-bond acceptors (Lipinski definition) is 4. The third-order valence-corrected chi connectivity index (χ3v) is 2.89. The van der Waals surface area contributed by atoms with E-state index in [0.717, 1.165) is 5.56 Å². The fourth-order valence-corrected chi connectivity index (χ4v) is 1.71. The van der Waals surface area contributed by atoms with Gasteiger partial charge in [-0.05, 0) is 23.9 Å². The molecule has 0 saturated carbocycles. The second-order valence-electron chi connectivity index (χ2n) is 3.40. The highest BCUT2D eigenvalue weighted by Crippen LogP contribution is 2.23. The molecule has 0 aliphatic heterocycles. The van der Waals surface area contributed by atoms with Crippen LogP contribution in [-0.2, 0) is 4.74 Å². The van der Waals surface area contributed by atoms with Gasteiger partial charge in [-0.1, -0.05) is 0 Å². The standard InChI is InChI=1S/C10H15N2O3P/c1-15-10(9(11)6-16)7-2-4-8(5-3-7)12(13)14/h2-5,9-10H,6,11,16H2,1H3. The van der Waals surface area contributed by atoms with Crippen molar-refractivity contribution < 1.29 is 9.66 Å². The molecule has 3 unspecified atom stereocenters. The van der Waals surface area contributed by atoms with Gasteiger partial charge in [0.2, 0.25) is 0 Å². The molecule has 16 heavy (non-hydrogen) atoms.